The molecule has 0 radical (unpaired) electrons. The van der Waals surface area contributed by atoms with E-state index >= 15 is 0 Å². The molecule has 3 aromatic rings. The van der Waals surface area contributed by atoms with Crippen molar-refractivity contribution < 1.29 is 9.53 Å². The second kappa shape index (κ2) is 5.88. The minimum atomic E-state index is -0.265. The molecule has 4 heterocycles. The number of aromatic nitrogens is 4. The van der Waals surface area contributed by atoms with Gasteiger partial charge in [0.25, 0.3) is 0 Å². The summed E-state index contributed by atoms with van der Waals surface area (Å²) in [6.07, 6.45) is 5.16. The van der Waals surface area contributed by atoms with E-state index in [1.807, 2.05) is 12.3 Å². The fourth-order valence-corrected chi connectivity index (χ4v) is 3.10. The molecule has 0 saturated carbocycles. The molecule has 0 aromatic carbocycles. The summed E-state index contributed by atoms with van der Waals surface area (Å²) in [7, 11) is 1.41. The summed E-state index contributed by atoms with van der Waals surface area (Å²) < 4.78 is 4.79. The molecule has 0 bridgehead atoms. The summed E-state index contributed by atoms with van der Waals surface area (Å²) in [6, 6.07) is 4.11. The molecule has 8 heteroatoms. The molecule has 0 spiro atoms. The maximum absolute atomic E-state index is 11.6. The maximum Gasteiger partial charge on any atom is 0.409 e. The van der Waals surface area contributed by atoms with Gasteiger partial charge < -0.3 is 19.5 Å². The Labute approximate surface area is 138 Å². The Bertz CT molecular complexity index is 849. The van der Waals surface area contributed by atoms with Crippen LogP contribution in [-0.2, 0) is 4.74 Å². The van der Waals surface area contributed by atoms with Gasteiger partial charge in [-0.15, -0.1) is 0 Å². The molecule has 3 aromatic heterocycles. The average molecular weight is 326 g/mol. The number of amides is 1. The Morgan fingerprint density at radius 2 is 2.12 bits per heavy atom. The number of methoxy groups -OCH3 is 1. The number of carbonyl (C=O) groups is 1. The first kappa shape index (κ1) is 14.6. The number of H-pyrrole nitrogens is 2. The molecule has 4 rings (SSSR count). The van der Waals surface area contributed by atoms with Gasteiger partial charge in [0.1, 0.15) is 5.65 Å². The van der Waals surface area contributed by atoms with Gasteiger partial charge in [0, 0.05) is 55.2 Å². The van der Waals surface area contributed by atoms with Crippen LogP contribution in [-0.4, -0.2) is 64.4 Å². The predicted octanol–water partition coefficient (Wildman–Crippen LogP) is 1.84. The number of ether oxygens (including phenoxy) is 1. The first-order chi connectivity index (χ1) is 11.8. The smallest absolute Gasteiger partial charge is 0.409 e. The first-order valence-corrected chi connectivity index (χ1v) is 7.81. The number of pyridine rings is 1. The van der Waals surface area contributed by atoms with Crippen LogP contribution in [0.5, 0.6) is 0 Å². The highest BCUT2D eigenvalue weighted by Crippen LogP contribution is 2.30. The van der Waals surface area contributed by atoms with Crippen molar-refractivity contribution in [2.24, 2.45) is 0 Å². The third kappa shape index (κ3) is 2.45. The fourth-order valence-electron chi connectivity index (χ4n) is 3.10. The van der Waals surface area contributed by atoms with Crippen LogP contribution in [0.4, 0.5) is 10.5 Å². The highest BCUT2D eigenvalue weighted by molar-refractivity contribution is 5.93. The molecular weight excluding hydrogens is 308 g/mol. The number of hydrogen-bond acceptors (Lipinski definition) is 5. The first-order valence-electron chi connectivity index (χ1n) is 7.81. The van der Waals surface area contributed by atoms with Crippen LogP contribution in [0.2, 0.25) is 0 Å². The fraction of sp³-hybridized carbons (Fsp3) is 0.312. The number of carbonyl (C=O) groups excluding carboxylic acids is 1. The molecule has 124 valence electrons. The van der Waals surface area contributed by atoms with E-state index in [-0.39, 0.29) is 6.09 Å². The lowest BCUT2D eigenvalue weighted by atomic mass is 10.2. The topological polar surface area (TPSA) is 90.1 Å². The Morgan fingerprint density at radius 1 is 1.29 bits per heavy atom. The Kier molecular flexibility index (Phi) is 3.56. The number of fused-ring (bicyclic) bond motifs is 1. The van der Waals surface area contributed by atoms with Gasteiger partial charge in [-0.1, -0.05) is 0 Å². The van der Waals surface area contributed by atoms with Crippen LogP contribution < -0.4 is 4.90 Å². The zero-order chi connectivity index (χ0) is 16.5. The number of rotatable bonds is 2. The normalized spacial score (nSPS) is 15.0. The quantitative estimate of drug-likeness (QED) is 0.750. The number of piperazine rings is 1. The lowest BCUT2D eigenvalue weighted by molar-refractivity contribution is 0.121. The summed E-state index contributed by atoms with van der Waals surface area (Å²) in [5.74, 6) is 0. The Balaban J connectivity index is 1.62. The number of nitrogens with one attached hydrogen (secondary N) is 2. The number of anilines is 1. The van der Waals surface area contributed by atoms with Gasteiger partial charge in [0.2, 0.25) is 0 Å². The minimum absolute atomic E-state index is 0.265. The third-order valence-corrected chi connectivity index (χ3v) is 4.37. The van der Waals surface area contributed by atoms with Gasteiger partial charge in [-0.2, -0.15) is 5.10 Å². The molecule has 0 aliphatic carbocycles. The van der Waals surface area contributed by atoms with Gasteiger partial charge >= 0.3 is 6.09 Å². The molecule has 1 fully saturated rings. The van der Waals surface area contributed by atoms with Crippen molar-refractivity contribution in [1.82, 2.24) is 25.1 Å². The van der Waals surface area contributed by atoms with Crippen molar-refractivity contribution in [3.8, 4) is 11.3 Å². The molecule has 0 unspecified atom stereocenters. The number of aromatic amines is 2. The summed E-state index contributed by atoms with van der Waals surface area (Å²) in [5.41, 5.74) is 3.94. The zero-order valence-corrected chi connectivity index (χ0v) is 13.3. The standard InChI is InChI=1S/C16H18N6O2/c1-24-16(23)22-6-4-21(5-7-22)14-2-3-17-15-12(14)8-13(20-15)11-9-18-19-10-11/h2-3,8-10H,4-7H2,1H3,(H,17,20)(H,18,19). The summed E-state index contributed by atoms with van der Waals surface area (Å²) >= 11 is 0. The summed E-state index contributed by atoms with van der Waals surface area (Å²) in [4.78, 5) is 23.4. The Hall–Kier alpha value is -3.03. The largest absolute Gasteiger partial charge is 0.453 e. The van der Waals surface area contributed by atoms with Crippen LogP contribution in [0.3, 0.4) is 0 Å². The van der Waals surface area contributed by atoms with Crippen molar-refractivity contribution >= 4 is 22.8 Å². The van der Waals surface area contributed by atoms with Crippen LogP contribution >= 0.6 is 0 Å². The predicted molar refractivity (Wildman–Crippen MR) is 89.9 cm³/mol. The number of hydrogen-bond donors (Lipinski definition) is 2. The summed E-state index contributed by atoms with van der Waals surface area (Å²) in [5, 5.41) is 7.88. The van der Waals surface area contributed by atoms with Gasteiger partial charge in [-0.25, -0.2) is 9.78 Å². The van der Waals surface area contributed by atoms with E-state index in [1.165, 1.54) is 7.11 Å². The maximum atomic E-state index is 11.6. The van der Waals surface area contributed by atoms with Crippen LogP contribution in [0.15, 0.2) is 30.7 Å². The van der Waals surface area contributed by atoms with Gasteiger partial charge in [-0.3, -0.25) is 5.10 Å². The molecule has 24 heavy (non-hydrogen) atoms. The van der Waals surface area contributed by atoms with Crippen molar-refractivity contribution in [1.29, 1.82) is 0 Å². The highest BCUT2D eigenvalue weighted by atomic mass is 16.5. The molecular formula is C16H18N6O2. The van der Waals surface area contributed by atoms with Crippen molar-refractivity contribution in [3.63, 3.8) is 0 Å². The van der Waals surface area contributed by atoms with E-state index in [9.17, 15) is 4.79 Å². The second-order valence-corrected chi connectivity index (χ2v) is 5.71. The molecule has 1 saturated heterocycles. The third-order valence-electron chi connectivity index (χ3n) is 4.37. The second-order valence-electron chi connectivity index (χ2n) is 5.71. The van der Waals surface area contributed by atoms with E-state index in [1.54, 1.807) is 17.3 Å². The van der Waals surface area contributed by atoms with Crippen LogP contribution in [0.1, 0.15) is 0 Å². The van der Waals surface area contributed by atoms with E-state index < -0.39 is 0 Å². The van der Waals surface area contributed by atoms with Crippen LogP contribution in [0, 0.1) is 0 Å². The van der Waals surface area contributed by atoms with Crippen molar-refractivity contribution in [2.75, 3.05) is 38.2 Å². The van der Waals surface area contributed by atoms with Crippen molar-refractivity contribution in [3.05, 3.63) is 30.7 Å². The minimum Gasteiger partial charge on any atom is -0.453 e. The van der Waals surface area contributed by atoms with Gasteiger partial charge in [-0.05, 0) is 12.1 Å². The van der Waals surface area contributed by atoms with E-state index in [4.69, 9.17) is 4.74 Å². The molecule has 8 nitrogen and oxygen atoms in total. The SMILES string of the molecule is COC(=O)N1CCN(c2ccnc3[nH]c(-c4cn[nH]c4)cc23)CC1. The summed E-state index contributed by atoms with van der Waals surface area (Å²) in [6.45, 7) is 2.83. The Morgan fingerprint density at radius 3 is 2.83 bits per heavy atom. The average Bonchev–Trinajstić information content (AvgIpc) is 3.29. The van der Waals surface area contributed by atoms with Crippen LogP contribution in [0.25, 0.3) is 22.3 Å². The number of nitrogens with zero attached hydrogens (tertiary/aromatic N) is 4. The molecule has 1 amide bonds. The van der Waals surface area contributed by atoms with E-state index in [0.29, 0.717) is 13.1 Å². The monoisotopic (exact) mass is 326 g/mol. The van der Waals surface area contributed by atoms with E-state index in [2.05, 4.69) is 31.1 Å². The van der Waals surface area contributed by atoms with Crippen molar-refractivity contribution in [2.45, 2.75) is 0 Å². The molecule has 1 aliphatic rings. The molecule has 2 N–H and O–H groups in total. The lowest BCUT2D eigenvalue weighted by Crippen LogP contribution is -2.48. The zero-order valence-electron chi connectivity index (χ0n) is 13.3. The highest BCUT2D eigenvalue weighted by Gasteiger charge is 2.23. The van der Waals surface area contributed by atoms with E-state index in [0.717, 1.165) is 41.1 Å². The lowest BCUT2D eigenvalue weighted by Gasteiger charge is -2.35. The molecule has 0 atom stereocenters. The van der Waals surface area contributed by atoms with Gasteiger partial charge in [0.05, 0.1) is 19.0 Å². The van der Waals surface area contributed by atoms with Gasteiger partial charge in [0.15, 0.2) is 0 Å². The molecule has 1 aliphatic heterocycles.